The molecule has 0 saturated heterocycles. The second-order valence-corrected chi connectivity index (χ2v) is 9.68. The lowest BCUT2D eigenvalue weighted by Crippen LogP contribution is -2.43. The minimum absolute atomic E-state index is 0.0815. The van der Waals surface area contributed by atoms with Crippen molar-refractivity contribution in [3.63, 3.8) is 0 Å². The van der Waals surface area contributed by atoms with Crippen LogP contribution in [0, 0.1) is 5.92 Å². The number of hydrogen-bond donors (Lipinski definition) is 2. The van der Waals surface area contributed by atoms with Gasteiger partial charge < -0.3 is 19.9 Å². The second-order valence-electron chi connectivity index (χ2n) is 6.76. The average Bonchev–Trinajstić information content (AvgIpc) is 2.70. The van der Waals surface area contributed by atoms with Crippen LogP contribution >= 0.6 is 46.4 Å². The van der Waals surface area contributed by atoms with Crippen LogP contribution in [-0.2, 0) is 20.7 Å². The number of benzene rings is 1. The first-order chi connectivity index (χ1) is 14.5. The Bertz CT molecular complexity index is 794. The molecule has 1 amide bonds. The van der Waals surface area contributed by atoms with Crippen LogP contribution in [0.15, 0.2) is 43.0 Å². The smallest absolute Gasteiger partial charge is 0.329 e. The van der Waals surface area contributed by atoms with E-state index in [0.29, 0.717) is 16.3 Å². The second kappa shape index (κ2) is 13.2. The maximum atomic E-state index is 12.5. The van der Waals surface area contributed by atoms with Crippen molar-refractivity contribution in [1.82, 2.24) is 5.32 Å². The number of aliphatic hydroxyl groups is 1. The summed E-state index contributed by atoms with van der Waals surface area (Å²) in [5, 5.41) is 12.8. The summed E-state index contributed by atoms with van der Waals surface area (Å²) < 4.78 is 8.35. The molecule has 0 spiro atoms. The molecule has 31 heavy (non-hydrogen) atoms. The Morgan fingerprint density at radius 3 is 2.55 bits per heavy atom. The van der Waals surface area contributed by atoms with Gasteiger partial charge in [-0.1, -0.05) is 71.5 Å². The number of alkyl halides is 3. The van der Waals surface area contributed by atoms with Crippen LogP contribution < -0.4 is 10.1 Å². The van der Waals surface area contributed by atoms with Gasteiger partial charge in [0.1, 0.15) is 18.4 Å². The van der Waals surface area contributed by atoms with Crippen molar-refractivity contribution in [2.24, 2.45) is 5.92 Å². The summed E-state index contributed by atoms with van der Waals surface area (Å²) >= 11 is 23.0. The third-order valence-corrected chi connectivity index (χ3v) is 4.88. The topological polar surface area (TPSA) is 84.9 Å². The minimum atomic E-state index is -1.79. The number of aliphatic hydroxyl groups excluding tert-OH is 1. The molecular formula is C21H25Cl4NO5. The zero-order valence-electron chi connectivity index (χ0n) is 17.1. The first-order valence-electron chi connectivity index (χ1n) is 9.30. The normalized spacial score (nSPS) is 14.5. The molecule has 172 valence electrons. The van der Waals surface area contributed by atoms with E-state index in [-0.39, 0.29) is 18.8 Å². The molecule has 0 unspecified atom stereocenters. The van der Waals surface area contributed by atoms with Gasteiger partial charge in [-0.25, -0.2) is 4.79 Å². The van der Waals surface area contributed by atoms with Crippen LogP contribution in [-0.4, -0.2) is 46.6 Å². The SMILES string of the molecule is C=C[C@@H](C)[C@@H](O)C/C=C/C(=O)N[C@H](Cc1ccc(OC)c(Cl)c1)C(=O)OCC(Cl)(Cl)Cl. The Hall–Kier alpha value is -1.44. The Labute approximate surface area is 202 Å². The Balaban J connectivity index is 2.89. The van der Waals surface area contributed by atoms with Gasteiger partial charge in [0.15, 0.2) is 0 Å². The maximum absolute atomic E-state index is 12.5. The molecule has 0 fully saturated rings. The molecule has 0 saturated carbocycles. The number of hydrogen-bond acceptors (Lipinski definition) is 5. The van der Waals surface area contributed by atoms with Gasteiger partial charge in [0.25, 0.3) is 0 Å². The highest BCUT2D eigenvalue weighted by Crippen LogP contribution is 2.27. The number of halogens is 4. The van der Waals surface area contributed by atoms with Crippen molar-refractivity contribution >= 4 is 58.3 Å². The van der Waals surface area contributed by atoms with E-state index in [1.54, 1.807) is 24.3 Å². The average molecular weight is 513 g/mol. The molecule has 6 nitrogen and oxygen atoms in total. The van der Waals surface area contributed by atoms with E-state index in [9.17, 15) is 14.7 Å². The van der Waals surface area contributed by atoms with E-state index < -0.39 is 34.4 Å². The maximum Gasteiger partial charge on any atom is 0.329 e. The summed E-state index contributed by atoms with van der Waals surface area (Å²) in [5.41, 5.74) is 0.654. The highest BCUT2D eigenvalue weighted by atomic mass is 35.6. The number of nitrogens with one attached hydrogen (secondary N) is 1. The fourth-order valence-electron chi connectivity index (χ4n) is 2.43. The first kappa shape index (κ1) is 27.6. The molecule has 0 radical (unpaired) electrons. The number of carbonyl (C=O) groups is 2. The quantitative estimate of drug-likeness (QED) is 0.198. The van der Waals surface area contributed by atoms with Crippen LogP contribution in [0.2, 0.25) is 5.02 Å². The van der Waals surface area contributed by atoms with Gasteiger partial charge in [-0.3, -0.25) is 4.79 Å². The van der Waals surface area contributed by atoms with Gasteiger partial charge >= 0.3 is 5.97 Å². The Morgan fingerprint density at radius 1 is 1.32 bits per heavy atom. The zero-order valence-corrected chi connectivity index (χ0v) is 20.1. The number of esters is 1. The predicted molar refractivity (Wildman–Crippen MR) is 124 cm³/mol. The molecule has 1 rings (SSSR count). The first-order valence-corrected chi connectivity index (χ1v) is 10.8. The minimum Gasteiger partial charge on any atom is -0.495 e. The molecule has 1 aromatic carbocycles. The van der Waals surface area contributed by atoms with Gasteiger partial charge in [0.2, 0.25) is 9.70 Å². The monoisotopic (exact) mass is 511 g/mol. The fourth-order valence-corrected chi connectivity index (χ4v) is 2.87. The molecule has 0 aromatic heterocycles. The van der Waals surface area contributed by atoms with Crippen LogP contribution in [0.4, 0.5) is 0 Å². The summed E-state index contributed by atoms with van der Waals surface area (Å²) in [7, 11) is 1.48. The predicted octanol–water partition coefficient (Wildman–Crippen LogP) is 4.42. The standard InChI is InChI=1S/C21H25Cl4NO5/c1-4-13(2)17(27)6-5-7-19(28)26-16(20(29)31-12-21(23,24)25)11-14-8-9-18(30-3)15(22)10-14/h4-5,7-10,13,16-17,27H,1,6,11-12H2,2-3H3,(H,26,28)/b7-5+/t13-,16-,17+/m1/s1. The summed E-state index contributed by atoms with van der Waals surface area (Å²) in [5.74, 6) is -0.980. The van der Waals surface area contributed by atoms with Crippen LogP contribution in [0.5, 0.6) is 5.75 Å². The highest BCUT2D eigenvalue weighted by molar-refractivity contribution is 6.67. The van der Waals surface area contributed by atoms with Gasteiger partial charge in [-0.2, -0.15) is 0 Å². The van der Waals surface area contributed by atoms with Gasteiger partial charge in [0, 0.05) is 6.42 Å². The van der Waals surface area contributed by atoms with E-state index in [4.69, 9.17) is 55.9 Å². The van der Waals surface area contributed by atoms with Crippen molar-refractivity contribution < 1.29 is 24.2 Å². The summed E-state index contributed by atoms with van der Waals surface area (Å²) in [6, 6.07) is 3.90. The third kappa shape index (κ3) is 10.6. The number of amides is 1. The summed E-state index contributed by atoms with van der Waals surface area (Å²) in [4.78, 5) is 24.8. The molecule has 3 atom stereocenters. The molecule has 0 bridgehead atoms. The fraction of sp³-hybridized carbons (Fsp3) is 0.429. The van der Waals surface area contributed by atoms with Crippen molar-refractivity contribution in [2.75, 3.05) is 13.7 Å². The van der Waals surface area contributed by atoms with Crippen molar-refractivity contribution in [1.29, 1.82) is 0 Å². The van der Waals surface area contributed by atoms with E-state index in [0.717, 1.165) is 0 Å². The van der Waals surface area contributed by atoms with Crippen LogP contribution in [0.1, 0.15) is 18.9 Å². The van der Waals surface area contributed by atoms with E-state index in [1.165, 1.54) is 19.3 Å². The van der Waals surface area contributed by atoms with Crippen molar-refractivity contribution in [2.45, 2.75) is 35.7 Å². The number of carbonyl (C=O) groups excluding carboxylic acids is 2. The molecule has 2 N–H and O–H groups in total. The lowest BCUT2D eigenvalue weighted by molar-refractivity contribution is -0.147. The molecule has 0 aliphatic heterocycles. The van der Waals surface area contributed by atoms with Crippen molar-refractivity contribution in [3.8, 4) is 5.75 Å². The van der Waals surface area contributed by atoms with Gasteiger partial charge in [0.05, 0.1) is 18.2 Å². The van der Waals surface area contributed by atoms with E-state index >= 15 is 0 Å². The highest BCUT2D eigenvalue weighted by Gasteiger charge is 2.27. The lowest BCUT2D eigenvalue weighted by Gasteiger charge is -2.19. The van der Waals surface area contributed by atoms with Gasteiger partial charge in [-0.05, 0) is 36.1 Å². The molecule has 10 heteroatoms. The summed E-state index contributed by atoms with van der Waals surface area (Å²) in [6.45, 7) is 4.94. The summed E-state index contributed by atoms with van der Waals surface area (Å²) in [6.07, 6.45) is 4.02. The number of methoxy groups -OCH3 is 1. The van der Waals surface area contributed by atoms with E-state index in [1.807, 2.05) is 6.92 Å². The molecular weight excluding hydrogens is 488 g/mol. The number of rotatable bonds is 11. The zero-order chi connectivity index (χ0) is 23.6. The Morgan fingerprint density at radius 2 is 2.00 bits per heavy atom. The largest absolute Gasteiger partial charge is 0.495 e. The van der Waals surface area contributed by atoms with Crippen LogP contribution in [0.3, 0.4) is 0 Å². The molecule has 0 aliphatic carbocycles. The molecule has 0 heterocycles. The van der Waals surface area contributed by atoms with Gasteiger partial charge in [-0.15, -0.1) is 6.58 Å². The van der Waals surface area contributed by atoms with Crippen molar-refractivity contribution in [3.05, 3.63) is 53.6 Å². The number of ether oxygens (including phenoxy) is 2. The third-order valence-electron chi connectivity index (χ3n) is 4.26. The Kier molecular flexibility index (Phi) is 11.7. The molecule has 1 aromatic rings. The molecule has 0 aliphatic rings. The van der Waals surface area contributed by atoms with E-state index in [2.05, 4.69) is 11.9 Å². The van der Waals surface area contributed by atoms with Crippen LogP contribution in [0.25, 0.3) is 0 Å². The lowest BCUT2D eigenvalue weighted by atomic mass is 10.0.